The molecule has 94 valence electrons. The fraction of sp³-hybridized carbons (Fsp3) is 0.615. The van der Waals surface area contributed by atoms with Crippen molar-refractivity contribution >= 4 is 0 Å². The van der Waals surface area contributed by atoms with Gasteiger partial charge in [-0.05, 0) is 25.5 Å². The number of rotatable bonds is 3. The molecule has 17 heavy (non-hydrogen) atoms. The van der Waals surface area contributed by atoms with Crippen molar-refractivity contribution < 1.29 is 9.84 Å². The zero-order chi connectivity index (χ0) is 12.3. The number of aliphatic hydroxyl groups is 1. The first-order valence-corrected chi connectivity index (χ1v) is 5.99. The van der Waals surface area contributed by atoms with Crippen LogP contribution in [-0.2, 0) is 11.3 Å². The second-order valence-electron chi connectivity index (χ2n) is 5.21. The Morgan fingerprint density at radius 3 is 3.06 bits per heavy atom. The van der Waals surface area contributed by atoms with E-state index >= 15 is 0 Å². The predicted molar refractivity (Wildman–Crippen MR) is 65.6 cm³/mol. The largest absolute Gasteiger partial charge is 0.394 e. The summed E-state index contributed by atoms with van der Waals surface area (Å²) in [6.07, 6.45) is 3.58. The number of morpholine rings is 1. The van der Waals surface area contributed by atoms with Gasteiger partial charge in [-0.1, -0.05) is 6.07 Å². The summed E-state index contributed by atoms with van der Waals surface area (Å²) in [6, 6.07) is 4.02. The van der Waals surface area contributed by atoms with Crippen molar-refractivity contribution in [3.8, 4) is 0 Å². The number of ether oxygens (including phenoxy) is 1. The van der Waals surface area contributed by atoms with E-state index < -0.39 is 0 Å². The van der Waals surface area contributed by atoms with Gasteiger partial charge in [-0.25, -0.2) is 0 Å². The molecule has 0 aliphatic carbocycles. The maximum atomic E-state index is 9.24. The molecule has 1 atom stereocenters. The van der Waals surface area contributed by atoms with Gasteiger partial charge in [-0.15, -0.1) is 0 Å². The lowest BCUT2D eigenvalue weighted by molar-refractivity contribution is -0.150. The van der Waals surface area contributed by atoms with Gasteiger partial charge in [-0.3, -0.25) is 9.88 Å². The molecular weight excluding hydrogens is 216 g/mol. The van der Waals surface area contributed by atoms with Crippen LogP contribution in [0, 0.1) is 0 Å². The lowest BCUT2D eigenvalue weighted by Crippen LogP contribution is -2.53. The van der Waals surface area contributed by atoms with E-state index in [1.807, 2.05) is 12.3 Å². The summed E-state index contributed by atoms with van der Waals surface area (Å²) in [5.41, 5.74) is 0.996. The molecule has 1 N–H and O–H groups in total. The third-order valence-electron chi connectivity index (χ3n) is 2.88. The van der Waals surface area contributed by atoms with Crippen LogP contribution >= 0.6 is 0 Å². The third kappa shape index (κ3) is 3.49. The summed E-state index contributed by atoms with van der Waals surface area (Å²) in [5, 5.41) is 9.24. The van der Waals surface area contributed by atoms with Gasteiger partial charge in [0.15, 0.2) is 0 Å². The second kappa shape index (κ2) is 5.12. The average molecular weight is 236 g/mol. The minimum Gasteiger partial charge on any atom is -0.394 e. The Hall–Kier alpha value is -0.970. The van der Waals surface area contributed by atoms with Gasteiger partial charge in [0.2, 0.25) is 0 Å². The third-order valence-corrected chi connectivity index (χ3v) is 2.88. The molecule has 0 spiro atoms. The zero-order valence-corrected chi connectivity index (χ0v) is 10.5. The topological polar surface area (TPSA) is 45.6 Å². The number of aromatic nitrogens is 1. The molecule has 0 bridgehead atoms. The highest BCUT2D eigenvalue weighted by Gasteiger charge is 2.32. The molecule has 4 nitrogen and oxygen atoms in total. The smallest absolute Gasteiger partial charge is 0.0940 e. The highest BCUT2D eigenvalue weighted by atomic mass is 16.5. The Balaban J connectivity index is 2.01. The van der Waals surface area contributed by atoms with Crippen LogP contribution < -0.4 is 0 Å². The number of nitrogens with zero attached hydrogens (tertiary/aromatic N) is 2. The normalized spacial score (nSPS) is 24.8. The molecule has 1 aromatic heterocycles. The highest BCUT2D eigenvalue weighted by Crippen LogP contribution is 2.22. The van der Waals surface area contributed by atoms with Gasteiger partial charge in [-0.2, -0.15) is 0 Å². The van der Waals surface area contributed by atoms with Crippen molar-refractivity contribution in [1.29, 1.82) is 0 Å². The van der Waals surface area contributed by atoms with Crippen LogP contribution in [0.4, 0.5) is 0 Å². The van der Waals surface area contributed by atoms with E-state index in [0.29, 0.717) is 0 Å². The van der Waals surface area contributed by atoms with E-state index in [9.17, 15) is 5.11 Å². The van der Waals surface area contributed by atoms with Crippen molar-refractivity contribution in [3.05, 3.63) is 30.1 Å². The molecule has 0 saturated carbocycles. The Kier molecular flexibility index (Phi) is 3.76. The molecule has 1 aliphatic rings. The van der Waals surface area contributed by atoms with E-state index in [4.69, 9.17) is 4.74 Å². The fourth-order valence-corrected chi connectivity index (χ4v) is 2.38. The summed E-state index contributed by atoms with van der Waals surface area (Å²) >= 11 is 0. The zero-order valence-electron chi connectivity index (χ0n) is 10.5. The van der Waals surface area contributed by atoms with Gasteiger partial charge < -0.3 is 9.84 Å². The molecule has 0 aromatic carbocycles. The molecule has 0 amide bonds. The first kappa shape index (κ1) is 12.5. The quantitative estimate of drug-likeness (QED) is 0.852. The van der Waals surface area contributed by atoms with Gasteiger partial charge in [0, 0.05) is 32.0 Å². The van der Waals surface area contributed by atoms with Crippen LogP contribution in [0.2, 0.25) is 0 Å². The van der Waals surface area contributed by atoms with E-state index in [2.05, 4.69) is 29.8 Å². The van der Waals surface area contributed by atoms with Crippen LogP contribution in [0.5, 0.6) is 0 Å². The van der Waals surface area contributed by atoms with Gasteiger partial charge in [0.1, 0.15) is 0 Å². The Morgan fingerprint density at radius 1 is 1.59 bits per heavy atom. The highest BCUT2D eigenvalue weighted by molar-refractivity contribution is 5.08. The van der Waals surface area contributed by atoms with Crippen molar-refractivity contribution in [2.45, 2.75) is 32.1 Å². The monoisotopic (exact) mass is 236 g/mol. The van der Waals surface area contributed by atoms with Crippen molar-refractivity contribution in [2.75, 3.05) is 19.7 Å². The summed E-state index contributed by atoms with van der Waals surface area (Å²) in [5.74, 6) is 0. The number of pyridine rings is 1. The summed E-state index contributed by atoms with van der Waals surface area (Å²) in [7, 11) is 0. The molecular formula is C13H20N2O2. The van der Waals surface area contributed by atoms with Crippen LogP contribution in [0.1, 0.15) is 19.4 Å². The minimum absolute atomic E-state index is 0.0764. The molecule has 1 unspecified atom stereocenters. The minimum atomic E-state index is -0.201. The van der Waals surface area contributed by atoms with E-state index in [1.54, 1.807) is 6.20 Å². The lowest BCUT2D eigenvalue weighted by atomic mass is 10.0. The van der Waals surface area contributed by atoms with Crippen LogP contribution in [-0.4, -0.2) is 46.4 Å². The predicted octanol–water partition coefficient (Wildman–Crippen LogP) is 1.05. The summed E-state index contributed by atoms with van der Waals surface area (Å²) in [6.45, 7) is 6.70. The van der Waals surface area contributed by atoms with Gasteiger partial charge in [0.25, 0.3) is 0 Å². The average Bonchev–Trinajstić information content (AvgIpc) is 2.28. The summed E-state index contributed by atoms with van der Waals surface area (Å²) in [4.78, 5) is 6.43. The number of aliphatic hydroxyl groups excluding tert-OH is 1. The molecule has 2 rings (SSSR count). The Morgan fingerprint density at radius 2 is 2.41 bits per heavy atom. The standard InChI is InChI=1S/C13H20N2O2/c1-13(2)10-15(8-12(9-16)17-13)7-11-4-3-5-14-6-11/h3-6,12,16H,7-10H2,1-2H3. The maximum absolute atomic E-state index is 9.24. The molecule has 2 heterocycles. The first-order valence-electron chi connectivity index (χ1n) is 5.99. The fourth-order valence-electron chi connectivity index (χ4n) is 2.38. The number of hydrogen-bond acceptors (Lipinski definition) is 4. The van der Waals surface area contributed by atoms with E-state index in [-0.39, 0.29) is 18.3 Å². The maximum Gasteiger partial charge on any atom is 0.0940 e. The van der Waals surface area contributed by atoms with Crippen molar-refractivity contribution in [2.24, 2.45) is 0 Å². The molecule has 1 fully saturated rings. The van der Waals surface area contributed by atoms with Gasteiger partial charge >= 0.3 is 0 Å². The Labute approximate surface area is 102 Å². The van der Waals surface area contributed by atoms with Crippen LogP contribution in [0.15, 0.2) is 24.5 Å². The molecule has 4 heteroatoms. The molecule has 1 aliphatic heterocycles. The molecule has 0 radical (unpaired) electrons. The van der Waals surface area contributed by atoms with E-state index in [0.717, 1.165) is 19.6 Å². The molecule has 1 aromatic rings. The van der Waals surface area contributed by atoms with E-state index in [1.165, 1.54) is 5.56 Å². The second-order valence-corrected chi connectivity index (χ2v) is 5.21. The Bertz CT molecular complexity index is 354. The van der Waals surface area contributed by atoms with Crippen LogP contribution in [0.25, 0.3) is 0 Å². The SMILES string of the molecule is CC1(C)CN(Cc2cccnc2)CC(CO)O1. The first-order chi connectivity index (χ1) is 8.09. The van der Waals surface area contributed by atoms with Gasteiger partial charge in [0.05, 0.1) is 18.3 Å². The molecule has 1 saturated heterocycles. The van der Waals surface area contributed by atoms with Crippen molar-refractivity contribution in [3.63, 3.8) is 0 Å². The summed E-state index contributed by atoms with van der Waals surface area (Å²) < 4.78 is 5.78. The lowest BCUT2D eigenvalue weighted by Gasteiger charge is -2.42. The number of hydrogen-bond donors (Lipinski definition) is 1. The van der Waals surface area contributed by atoms with Crippen LogP contribution in [0.3, 0.4) is 0 Å². The van der Waals surface area contributed by atoms with Crippen molar-refractivity contribution in [1.82, 2.24) is 9.88 Å².